The lowest BCUT2D eigenvalue weighted by Gasteiger charge is -2.37. The third kappa shape index (κ3) is 5.21. The van der Waals surface area contributed by atoms with Gasteiger partial charge in [0, 0.05) is 51.0 Å². The third-order valence-electron chi connectivity index (χ3n) is 7.50. The van der Waals surface area contributed by atoms with Crippen LogP contribution < -0.4 is 26.4 Å². The highest BCUT2D eigenvalue weighted by Crippen LogP contribution is 2.46. The average molecular weight is 509 g/mol. The zero-order chi connectivity index (χ0) is 26.0. The molecule has 1 aromatic carbocycles. The minimum absolute atomic E-state index is 0.00501. The molecule has 5 rings (SSSR count). The van der Waals surface area contributed by atoms with Crippen LogP contribution in [0.25, 0.3) is 11.3 Å². The number of fused-ring (bicyclic) bond motifs is 2. The van der Waals surface area contributed by atoms with Gasteiger partial charge in [-0.3, -0.25) is 14.9 Å². The van der Waals surface area contributed by atoms with E-state index in [1.165, 1.54) is 0 Å². The van der Waals surface area contributed by atoms with Gasteiger partial charge in [0.15, 0.2) is 0 Å². The van der Waals surface area contributed by atoms with E-state index >= 15 is 0 Å². The highest BCUT2D eigenvalue weighted by Gasteiger charge is 2.48. The largest absolute Gasteiger partial charge is 0.476 e. The number of piperidine rings is 1. The van der Waals surface area contributed by atoms with Gasteiger partial charge < -0.3 is 30.7 Å². The van der Waals surface area contributed by atoms with Crippen LogP contribution in [0.2, 0.25) is 0 Å². The summed E-state index contributed by atoms with van der Waals surface area (Å²) in [6.45, 7) is 4.50. The van der Waals surface area contributed by atoms with Crippen molar-refractivity contribution in [1.82, 2.24) is 15.2 Å². The molecule has 2 aliphatic heterocycles. The van der Waals surface area contributed by atoms with Crippen molar-refractivity contribution >= 4 is 28.9 Å². The number of pyridine rings is 1. The molecule has 3 heterocycles. The van der Waals surface area contributed by atoms with Crippen LogP contribution in [0.4, 0.5) is 17.1 Å². The standard InChI is InChI=1S/C27H36N6O4/c1-17(34)33-11-8-27(9-12-33)20-7-4-18(14-23(20)32-26(27)35)22-15-21(28)24(30-19-5-6-19)25(31-22)37-13-3-10-29-16-36-2/h4,7,14-15,19,29-30H,3,5-6,8-13,16H2,1-2H3,(H2,28,31)(H,32,35). The molecule has 2 fully saturated rings. The van der Waals surface area contributed by atoms with E-state index in [4.69, 9.17) is 20.2 Å². The van der Waals surface area contributed by atoms with E-state index in [0.29, 0.717) is 62.6 Å². The number of nitrogens with one attached hydrogen (secondary N) is 3. The number of nitrogens with zero attached hydrogens (tertiary/aromatic N) is 2. The maximum absolute atomic E-state index is 13.1. The van der Waals surface area contributed by atoms with Crippen LogP contribution in [-0.4, -0.2) is 67.8 Å². The summed E-state index contributed by atoms with van der Waals surface area (Å²) in [4.78, 5) is 31.5. The summed E-state index contributed by atoms with van der Waals surface area (Å²) in [7, 11) is 1.65. The lowest BCUT2D eigenvalue weighted by molar-refractivity contribution is -0.133. The third-order valence-corrected chi connectivity index (χ3v) is 7.50. The van der Waals surface area contributed by atoms with Crippen molar-refractivity contribution in [1.29, 1.82) is 0 Å². The Labute approximate surface area is 217 Å². The Morgan fingerprint density at radius 1 is 1.27 bits per heavy atom. The summed E-state index contributed by atoms with van der Waals surface area (Å²) in [5.41, 5.74) is 10.5. The van der Waals surface area contributed by atoms with Crippen LogP contribution >= 0.6 is 0 Å². The molecule has 10 nitrogen and oxygen atoms in total. The average Bonchev–Trinajstić information content (AvgIpc) is 3.67. The van der Waals surface area contributed by atoms with Crippen molar-refractivity contribution < 1.29 is 19.1 Å². The molecule has 1 aliphatic carbocycles. The van der Waals surface area contributed by atoms with Gasteiger partial charge in [-0.2, -0.15) is 0 Å². The number of benzene rings is 1. The lowest BCUT2D eigenvalue weighted by Crippen LogP contribution is -2.47. The van der Waals surface area contributed by atoms with Gasteiger partial charge in [0.1, 0.15) is 5.69 Å². The number of carbonyl (C=O) groups excluding carboxylic acids is 2. The molecule has 10 heteroatoms. The Bertz CT molecular complexity index is 1170. The second kappa shape index (κ2) is 10.5. The summed E-state index contributed by atoms with van der Waals surface area (Å²) in [6, 6.07) is 8.24. The highest BCUT2D eigenvalue weighted by molar-refractivity contribution is 6.07. The number of hydrogen-bond donors (Lipinski definition) is 4. The molecule has 2 amide bonds. The number of carbonyl (C=O) groups is 2. The number of aromatic nitrogens is 1. The van der Waals surface area contributed by atoms with E-state index in [-0.39, 0.29) is 11.8 Å². The first-order valence-electron chi connectivity index (χ1n) is 13.0. The lowest BCUT2D eigenvalue weighted by atomic mass is 9.73. The van der Waals surface area contributed by atoms with Crippen molar-refractivity contribution in [3.63, 3.8) is 0 Å². The molecule has 5 N–H and O–H groups in total. The van der Waals surface area contributed by atoms with Gasteiger partial charge in [0.05, 0.1) is 30.1 Å². The molecule has 3 aliphatic rings. The molecular formula is C27H36N6O4. The van der Waals surface area contributed by atoms with Crippen LogP contribution in [0.3, 0.4) is 0 Å². The van der Waals surface area contributed by atoms with E-state index < -0.39 is 5.41 Å². The monoisotopic (exact) mass is 508 g/mol. The van der Waals surface area contributed by atoms with Crippen molar-refractivity contribution in [3.8, 4) is 17.1 Å². The smallest absolute Gasteiger partial charge is 0.240 e. The SMILES string of the molecule is COCNCCCOc1nc(-c2ccc3c(c2)NC(=O)C32CCN(C(C)=O)CC2)cc(N)c1NC1CC1. The minimum Gasteiger partial charge on any atom is -0.476 e. The van der Waals surface area contributed by atoms with Crippen molar-refractivity contribution in [2.45, 2.75) is 50.5 Å². The fraction of sp³-hybridized carbons (Fsp3) is 0.519. The van der Waals surface area contributed by atoms with Gasteiger partial charge in [-0.25, -0.2) is 4.98 Å². The second-order valence-electron chi connectivity index (χ2n) is 10.1. The number of hydrogen-bond acceptors (Lipinski definition) is 8. The maximum Gasteiger partial charge on any atom is 0.240 e. The molecule has 0 radical (unpaired) electrons. The van der Waals surface area contributed by atoms with Crippen molar-refractivity contribution in [3.05, 3.63) is 29.8 Å². The summed E-state index contributed by atoms with van der Waals surface area (Å²) in [5.74, 6) is 0.549. The zero-order valence-electron chi connectivity index (χ0n) is 21.6. The first kappa shape index (κ1) is 25.3. The number of methoxy groups -OCH3 is 1. The molecule has 1 spiro atoms. The molecule has 0 unspecified atom stereocenters. The number of nitrogen functional groups attached to an aromatic ring is 1. The molecule has 0 atom stereocenters. The van der Waals surface area contributed by atoms with E-state index in [0.717, 1.165) is 48.3 Å². The number of ether oxygens (including phenoxy) is 2. The van der Waals surface area contributed by atoms with Gasteiger partial charge >= 0.3 is 0 Å². The topological polar surface area (TPSA) is 131 Å². The number of nitrogens with two attached hydrogens (primary N) is 1. The Morgan fingerprint density at radius 3 is 2.76 bits per heavy atom. The minimum atomic E-state index is -0.588. The molecule has 198 valence electrons. The Balaban J connectivity index is 1.38. The van der Waals surface area contributed by atoms with E-state index in [1.54, 1.807) is 14.0 Å². The van der Waals surface area contributed by atoms with Gasteiger partial charge in [-0.1, -0.05) is 12.1 Å². The normalized spacial score (nSPS) is 18.0. The Kier molecular flexibility index (Phi) is 7.21. The molecular weight excluding hydrogens is 472 g/mol. The number of anilines is 3. The fourth-order valence-corrected chi connectivity index (χ4v) is 5.20. The zero-order valence-corrected chi connectivity index (χ0v) is 21.6. The number of rotatable bonds is 10. The molecule has 2 aromatic rings. The van der Waals surface area contributed by atoms with Crippen LogP contribution in [0.15, 0.2) is 24.3 Å². The maximum atomic E-state index is 13.1. The second-order valence-corrected chi connectivity index (χ2v) is 10.1. The fourth-order valence-electron chi connectivity index (χ4n) is 5.20. The van der Waals surface area contributed by atoms with Crippen LogP contribution in [0.1, 0.15) is 44.6 Å². The molecule has 1 saturated heterocycles. The van der Waals surface area contributed by atoms with Crippen LogP contribution in [0, 0.1) is 0 Å². The first-order chi connectivity index (χ1) is 17.9. The quantitative estimate of drug-likeness (QED) is 0.285. The number of likely N-dealkylation sites (tertiary alicyclic amines) is 1. The van der Waals surface area contributed by atoms with Crippen molar-refractivity contribution in [2.24, 2.45) is 0 Å². The molecule has 0 bridgehead atoms. The Morgan fingerprint density at radius 2 is 2.05 bits per heavy atom. The molecule has 1 saturated carbocycles. The molecule has 1 aromatic heterocycles. The van der Waals surface area contributed by atoms with Crippen molar-refractivity contribution in [2.75, 3.05) is 56.4 Å². The first-order valence-corrected chi connectivity index (χ1v) is 13.0. The van der Waals surface area contributed by atoms with Gasteiger partial charge in [0.25, 0.3) is 0 Å². The molecule has 37 heavy (non-hydrogen) atoms. The van der Waals surface area contributed by atoms with Crippen LogP contribution in [-0.2, 0) is 19.7 Å². The van der Waals surface area contributed by atoms with Crippen LogP contribution in [0.5, 0.6) is 5.88 Å². The summed E-state index contributed by atoms with van der Waals surface area (Å²) >= 11 is 0. The predicted molar refractivity (Wildman–Crippen MR) is 143 cm³/mol. The van der Waals surface area contributed by atoms with E-state index in [1.807, 2.05) is 29.2 Å². The van der Waals surface area contributed by atoms with Gasteiger partial charge in [-0.05, 0) is 49.8 Å². The van der Waals surface area contributed by atoms with Gasteiger partial charge in [0.2, 0.25) is 17.7 Å². The van der Waals surface area contributed by atoms with E-state index in [2.05, 4.69) is 16.0 Å². The van der Waals surface area contributed by atoms with Gasteiger partial charge in [-0.15, -0.1) is 0 Å². The summed E-state index contributed by atoms with van der Waals surface area (Å²) in [6.07, 6.45) is 4.26. The summed E-state index contributed by atoms with van der Waals surface area (Å²) in [5, 5.41) is 9.71. The summed E-state index contributed by atoms with van der Waals surface area (Å²) < 4.78 is 11.1. The predicted octanol–water partition coefficient (Wildman–Crippen LogP) is 2.70. The Hall–Kier alpha value is -3.37. The highest BCUT2D eigenvalue weighted by atomic mass is 16.5. The van der Waals surface area contributed by atoms with E-state index in [9.17, 15) is 9.59 Å². The number of amides is 2.